The molecule has 34 heavy (non-hydrogen) atoms. The molecule has 0 saturated heterocycles. The van der Waals surface area contributed by atoms with E-state index in [9.17, 15) is 10.1 Å². The third-order valence-electron chi connectivity index (χ3n) is 4.79. The van der Waals surface area contributed by atoms with Gasteiger partial charge in [0.05, 0.1) is 23.3 Å². The molecule has 0 aliphatic carbocycles. The van der Waals surface area contributed by atoms with Crippen LogP contribution in [0.25, 0.3) is 11.4 Å². The van der Waals surface area contributed by atoms with Crippen LogP contribution in [0, 0.1) is 14.9 Å². The van der Waals surface area contributed by atoms with Crippen LogP contribution in [0.5, 0.6) is 11.5 Å². The maximum atomic E-state index is 10.8. The Labute approximate surface area is 204 Å². The Morgan fingerprint density at radius 1 is 1.21 bits per heavy atom. The number of rotatable bonds is 8. The second kappa shape index (κ2) is 10.3. The molecule has 1 N–H and O–H groups in total. The highest BCUT2D eigenvalue weighted by Crippen LogP contribution is 2.36. The maximum Gasteiger partial charge on any atom is 0.269 e. The van der Waals surface area contributed by atoms with Crippen molar-refractivity contribution in [1.82, 2.24) is 14.9 Å². The lowest BCUT2D eigenvalue weighted by Gasteiger charge is -2.13. The Morgan fingerprint density at radius 3 is 2.62 bits per heavy atom. The number of aromatic amines is 1. The van der Waals surface area contributed by atoms with Gasteiger partial charge in [-0.1, -0.05) is 41.9 Å². The number of benzene rings is 3. The molecular weight excluding hydrogens is 478 g/mol. The van der Waals surface area contributed by atoms with Gasteiger partial charge in [0.1, 0.15) is 6.61 Å². The first-order valence-electron chi connectivity index (χ1n) is 9.97. The van der Waals surface area contributed by atoms with E-state index in [4.69, 9.17) is 33.3 Å². The van der Waals surface area contributed by atoms with Crippen molar-refractivity contribution in [1.29, 1.82) is 0 Å². The first kappa shape index (κ1) is 23.1. The van der Waals surface area contributed by atoms with E-state index in [1.54, 1.807) is 30.5 Å². The summed E-state index contributed by atoms with van der Waals surface area (Å²) in [6.45, 7) is 0.159. The summed E-state index contributed by atoms with van der Waals surface area (Å²) < 4.78 is 13.2. The second-order valence-corrected chi connectivity index (χ2v) is 7.82. The van der Waals surface area contributed by atoms with Crippen LogP contribution < -0.4 is 9.47 Å². The average molecular weight is 496 g/mol. The molecule has 9 nitrogen and oxygen atoms in total. The number of aromatic nitrogens is 3. The first-order chi connectivity index (χ1) is 16.5. The molecule has 0 aliphatic rings. The highest BCUT2D eigenvalue weighted by Gasteiger charge is 2.13. The lowest BCUT2D eigenvalue weighted by Crippen LogP contribution is -2.00. The van der Waals surface area contributed by atoms with Gasteiger partial charge < -0.3 is 9.47 Å². The fourth-order valence-electron chi connectivity index (χ4n) is 3.12. The third-order valence-corrected chi connectivity index (χ3v) is 5.33. The number of H-pyrrole nitrogens is 1. The molecule has 1 heterocycles. The number of nitro benzene ring substituents is 1. The fraction of sp³-hybridized carbons (Fsp3) is 0.0870. The summed E-state index contributed by atoms with van der Waals surface area (Å²) in [6.07, 6.45) is 1.59. The molecular formula is C23H18ClN5O4S. The monoisotopic (exact) mass is 495 g/mol. The van der Waals surface area contributed by atoms with Crippen molar-refractivity contribution in [3.63, 3.8) is 0 Å². The topological polar surface area (TPSA) is 108 Å². The van der Waals surface area contributed by atoms with Crippen molar-refractivity contribution in [2.45, 2.75) is 6.61 Å². The predicted octanol–water partition coefficient (Wildman–Crippen LogP) is 5.64. The molecule has 0 radical (unpaired) electrons. The Morgan fingerprint density at radius 2 is 1.94 bits per heavy atom. The molecule has 0 fully saturated rings. The largest absolute Gasteiger partial charge is 0.493 e. The van der Waals surface area contributed by atoms with Crippen LogP contribution in [-0.4, -0.2) is 33.1 Å². The summed E-state index contributed by atoms with van der Waals surface area (Å²) in [5.74, 6) is 1.34. The molecule has 3 aromatic carbocycles. The van der Waals surface area contributed by atoms with E-state index in [1.807, 2.05) is 30.3 Å². The zero-order valence-corrected chi connectivity index (χ0v) is 19.4. The van der Waals surface area contributed by atoms with E-state index in [2.05, 4.69) is 15.3 Å². The third kappa shape index (κ3) is 5.13. The Balaban J connectivity index is 1.56. The summed E-state index contributed by atoms with van der Waals surface area (Å²) >= 11 is 11.8. The van der Waals surface area contributed by atoms with Gasteiger partial charge in [0.25, 0.3) is 5.69 Å². The molecule has 4 rings (SSSR count). The molecule has 0 spiro atoms. The van der Waals surface area contributed by atoms with Crippen molar-refractivity contribution in [3.8, 4) is 22.9 Å². The normalized spacial score (nSPS) is 11.0. The Kier molecular flexibility index (Phi) is 7.00. The van der Waals surface area contributed by atoms with Gasteiger partial charge in [0, 0.05) is 17.7 Å². The van der Waals surface area contributed by atoms with Crippen molar-refractivity contribution >= 4 is 35.7 Å². The van der Waals surface area contributed by atoms with Crippen molar-refractivity contribution < 1.29 is 14.4 Å². The van der Waals surface area contributed by atoms with Gasteiger partial charge in [-0.05, 0) is 47.6 Å². The Bertz CT molecular complexity index is 1400. The smallest absolute Gasteiger partial charge is 0.269 e. The van der Waals surface area contributed by atoms with Gasteiger partial charge in [0.2, 0.25) is 4.77 Å². The van der Waals surface area contributed by atoms with E-state index in [0.717, 1.165) is 11.1 Å². The SMILES string of the molecule is COc1cc(/C=N\n2c(-c3ccccc3)n[nH]c2=S)cc(Cl)c1OCc1ccc([N+](=O)[O-])cc1. The molecule has 0 unspecified atom stereocenters. The summed E-state index contributed by atoms with van der Waals surface area (Å²) in [5.41, 5.74) is 2.28. The molecule has 0 amide bonds. The number of hydrogen-bond donors (Lipinski definition) is 1. The minimum atomic E-state index is -0.454. The summed E-state index contributed by atoms with van der Waals surface area (Å²) in [5, 5.41) is 22.6. The van der Waals surface area contributed by atoms with Crippen LogP contribution in [0.1, 0.15) is 11.1 Å². The molecule has 1 aromatic heterocycles. The number of methoxy groups -OCH3 is 1. The molecule has 0 bridgehead atoms. The summed E-state index contributed by atoms with van der Waals surface area (Å²) in [7, 11) is 1.50. The van der Waals surface area contributed by atoms with E-state index in [0.29, 0.717) is 32.7 Å². The minimum Gasteiger partial charge on any atom is -0.493 e. The zero-order valence-electron chi connectivity index (χ0n) is 17.8. The van der Waals surface area contributed by atoms with Crippen LogP contribution in [0.4, 0.5) is 5.69 Å². The van der Waals surface area contributed by atoms with E-state index < -0.39 is 4.92 Å². The Hall–Kier alpha value is -4.02. The fourth-order valence-corrected chi connectivity index (χ4v) is 3.57. The number of halogens is 1. The van der Waals surface area contributed by atoms with Gasteiger partial charge in [0.15, 0.2) is 17.3 Å². The number of non-ortho nitro benzene ring substituents is 1. The van der Waals surface area contributed by atoms with Crippen LogP contribution in [0.2, 0.25) is 5.02 Å². The van der Waals surface area contributed by atoms with Gasteiger partial charge >= 0.3 is 0 Å². The van der Waals surface area contributed by atoms with Crippen LogP contribution in [-0.2, 0) is 6.61 Å². The lowest BCUT2D eigenvalue weighted by molar-refractivity contribution is -0.384. The molecule has 0 aliphatic heterocycles. The minimum absolute atomic E-state index is 0.0103. The number of nitrogens with zero attached hydrogens (tertiary/aromatic N) is 4. The zero-order chi connectivity index (χ0) is 24.1. The van der Waals surface area contributed by atoms with Gasteiger partial charge in [-0.3, -0.25) is 10.1 Å². The number of nitro groups is 1. The quantitative estimate of drug-likeness (QED) is 0.147. The molecule has 0 atom stereocenters. The van der Waals surface area contributed by atoms with E-state index in [-0.39, 0.29) is 12.3 Å². The van der Waals surface area contributed by atoms with Crippen LogP contribution in [0.3, 0.4) is 0 Å². The molecule has 4 aromatic rings. The maximum absolute atomic E-state index is 10.8. The number of hydrogen-bond acceptors (Lipinski definition) is 7. The molecule has 0 saturated carbocycles. The lowest BCUT2D eigenvalue weighted by atomic mass is 10.2. The molecule has 11 heteroatoms. The second-order valence-electron chi connectivity index (χ2n) is 7.02. The number of nitrogens with one attached hydrogen (secondary N) is 1. The summed E-state index contributed by atoms with van der Waals surface area (Å²) in [6, 6.07) is 19.0. The van der Waals surface area contributed by atoms with Crippen LogP contribution >= 0.6 is 23.8 Å². The summed E-state index contributed by atoms with van der Waals surface area (Å²) in [4.78, 5) is 10.4. The molecule has 172 valence electrons. The van der Waals surface area contributed by atoms with Gasteiger partial charge in [-0.2, -0.15) is 14.9 Å². The number of ether oxygens (including phenoxy) is 2. The van der Waals surface area contributed by atoms with Gasteiger partial charge in [-0.15, -0.1) is 0 Å². The van der Waals surface area contributed by atoms with E-state index >= 15 is 0 Å². The van der Waals surface area contributed by atoms with Crippen molar-refractivity contribution in [2.24, 2.45) is 5.10 Å². The van der Waals surface area contributed by atoms with Crippen molar-refractivity contribution in [2.75, 3.05) is 7.11 Å². The highest BCUT2D eigenvalue weighted by molar-refractivity contribution is 7.71. The van der Waals surface area contributed by atoms with E-state index in [1.165, 1.54) is 23.9 Å². The van der Waals surface area contributed by atoms with Crippen LogP contribution in [0.15, 0.2) is 71.8 Å². The highest BCUT2D eigenvalue weighted by atomic mass is 35.5. The van der Waals surface area contributed by atoms with Gasteiger partial charge in [-0.25, -0.2) is 5.10 Å². The van der Waals surface area contributed by atoms with Crippen molar-refractivity contribution in [3.05, 3.63) is 97.8 Å². The predicted molar refractivity (Wildman–Crippen MR) is 131 cm³/mol. The average Bonchev–Trinajstić information content (AvgIpc) is 3.22. The first-order valence-corrected chi connectivity index (χ1v) is 10.8. The standard InChI is InChI=1S/C23H18ClN5O4S/c1-32-20-12-16(13-25-28-22(26-27-23(28)34)17-5-3-2-4-6-17)11-19(24)21(20)33-14-15-7-9-18(10-8-15)29(30)31/h2-13H,14H2,1H3,(H,27,34)/b25-13-.